The topological polar surface area (TPSA) is 46.6 Å². The molecule has 4 nitrogen and oxygen atoms in total. The van der Waals surface area contributed by atoms with Crippen LogP contribution in [0.1, 0.15) is 45.4 Å². The zero-order valence-corrected chi connectivity index (χ0v) is 11.0. The van der Waals surface area contributed by atoms with Crippen molar-refractivity contribution in [1.29, 1.82) is 0 Å². The van der Waals surface area contributed by atoms with Gasteiger partial charge in [-0.05, 0) is 39.0 Å². The summed E-state index contributed by atoms with van der Waals surface area (Å²) in [7, 11) is 0. The maximum absolute atomic E-state index is 12.3. The van der Waals surface area contributed by atoms with Crippen LogP contribution < -0.4 is 0 Å². The Bertz CT molecular complexity index is 364. The lowest BCUT2D eigenvalue weighted by Gasteiger charge is -2.45. The SMILES string of the molecule is CCOC(=O)[C@]12CCC/C=C\CN1C(=O)CCC2. The maximum atomic E-state index is 12.3. The highest BCUT2D eigenvalue weighted by molar-refractivity contribution is 5.89. The lowest BCUT2D eigenvalue weighted by molar-refractivity contribution is -0.168. The third-order valence-corrected chi connectivity index (χ3v) is 3.87. The molecule has 0 aliphatic carbocycles. The van der Waals surface area contributed by atoms with Gasteiger partial charge >= 0.3 is 5.97 Å². The zero-order valence-electron chi connectivity index (χ0n) is 11.0. The quantitative estimate of drug-likeness (QED) is 0.557. The average molecular weight is 251 g/mol. The lowest BCUT2D eigenvalue weighted by Crippen LogP contribution is -2.60. The number of ether oxygens (including phenoxy) is 1. The molecule has 4 heteroatoms. The van der Waals surface area contributed by atoms with Gasteiger partial charge in [-0.25, -0.2) is 4.79 Å². The number of rotatable bonds is 2. The smallest absolute Gasteiger partial charge is 0.332 e. The number of hydrogen-bond donors (Lipinski definition) is 0. The van der Waals surface area contributed by atoms with Gasteiger partial charge in [-0.15, -0.1) is 0 Å². The molecule has 1 atom stereocenters. The third kappa shape index (κ3) is 2.28. The van der Waals surface area contributed by atoms with Gasteiger partial charge in [-0.1, -0.05) is 12.2 Å². The van der Waals surface area contributed by atoms with Crippen molar-refractivity contribution in [1.82, 2.24) is 4.90 Å². The van der Waals surface area contributed by atoms with Crippen molar-refractivity contribution < 1.29 is 14.3 Å². The van der Waals surface area contributed by atoms with E-state index in [0.29, 0.717) is 19.6 Å². The van der Waals surface area contributed by atoms with Crippen molar-refractivity contribution in [2.24, 2.45) is 0 Å². The summed E-state index contributed by atoms with van der Waals surface area (Å²) in [5.41, 5.74) is -0.698. The van der Waals surface area contributed by atoms with Crippen LogP contribution in [0.4, 0.5) is 0 Å². The molecule has 0 unspecified atom stereocenters. The van der Waals surface area contributed by atoms with Crippen LogP contribution in [0.5, 0.6) is 0 Å². The minimum Gasteiger partial charge on any atom is -0.464 e. The number of carbonyl (C=O) groups is 2. The largest absolute Gasteiger partial charge is 0.464 e. The lowest BCUT2D eigenvalue weighted by atomic mass is 9.81. The Morgan fingerprint density at radius 1 is 1.39 bits per heavy atom. The van der Waals surface area contributed by atoms with Gasteiger partial charge in [0.1, 0.15) is 5.54 Å². The molecule has 2 rings (SSSR count). The van der Waals surface area contributed by atoms with E-state index < -0.39 is 5.54 Å². The van der Waals surface area contributed by atoms with E-state index in [4.69, 9.17) is 4.74 Å². The van der Waals surface area contributed by atoms with Crippen molar-refractivity contribution in [2.45, 2.75) is 51.0 Å². The van der Waals surface area contributed by atoms with Gasteiger partial charge in [0.15, 0.2) is 0 Å². The first-order chi connectivity index (χ1) is 8.70. The molecule has 0 saturated carbocycles. The van der Waals surface area contributed by atoms with Crippen LogP contribution >= 0.6 is 0 Å². The maximum Gasteiger partial charge on any atom is 0.332 e. The number of fused-ring (bicyclic) bond motifs is 1. The molecule has 0 N–H and O–H groups in total. The van der Waals surface area contributed by atoms with Gasteiger partial charge in [0.05, 0.1) is 6.61 Å². The summed E-state index contributed by atoms with van der Waals surface area (Å²) in [5.74, 6) is -0.130. The van der Waals surface area contributed by atoms with E-state index in [1.807, 2.05) is 13.0 Å². The third-order valence-electron chi connectivity index (χ3n) is 3.87. The molecule has 2 heterocycles. The Hall–Kier alpha value is -1.32. The number of allylic oxidation sites excluding steroid dienone is 1. The van der Waals surface area contributed by atoms with E-state index in [2.05, 4.69) is 6.08 Å². The second kappa shape index (κ2) is 5.55. The summed E-state index contributed by atoms with van der Waals surface area (Å²) < 4.78 is 5.23. The number of nitrogens with zero attached hydrogens (tertiary/aromatic N) is 1. The predicted molar refractivity (Wildman–Crippen MR) is 67.9 cm³/mol. The van der Waals surface area contributed by atoms with E-state index in [0.717, 1.165) is 32.1 Å². The minimum absolute atomic E-state index is 0.0841. The molecule has 0 aromatic carbocycles. The van der Waals surface area contributed by atoms with Crippen LogP contribution in [0.3, 0.4) is 0 Å². The van der Waals surface area contributed by atoms with E-state index in [-0.39, 0.29) is 11.9 Å². The second-order valence-electron chi connectivity index (χ2n) is 4.97. The average Bonchev–Trinajstić information content (AvgIpc) is 2.31. The molecule has 0 spiro atoms. The van der Waals surface area contributed by atoms with Gasteiger partial charge in [0.25, 0.3) is 0 Å². The number of esters is 1. The molecule has 0 aromatic rings. The van der Waals surface area contributed by atoms with E-state index in [1.165, 1.54) is 0 Å². The highest BCUT2D eigenvalue weighted by Gasteiger charge is 2.48. The van der Waals surface area contributed by atoms with Crippen LogP contribution in [0, 0.1) is 0 Å². The van der Waals surface area contributed by atoms with Crippen LogP contribution in [0.2, 0.25) is 0 Å². The molecule has 2 aliphatic rings. The molecule has 2 aliphatic heterocycles. The number of hydrogen-bond acceptors (Lipinski definition) is 3. The number of amides is 1. The molecule has 1 saturated heterocycles. The summed E-state index contributed by atoms with van der Waals surface area (Å²) in [6.07, 6.45) is 8.80. The van der Waals surface area contributed by atoms with E-state index in [1.54, 1.807) is 4.90 Å². The Morgan fingerprint density at radius 2 is 2.17 bits per heavy atom. The molecule has 1 amide bonds. The van der Waals surface area contributed by atoms with Gasteiger partial charge < -0.3 is 9.64 Å². The first-order valence-electron chi connectivity index (χ1n) is 6.83. The summed E-state index contributed by atoms with van der Waals surface area (Å²) >= 11 is 0. The van der Waals surface area contributed by atoms with Crippen molar-refractivity contribution >= 4 is 11.9 Å². The summed E-state index contributed by atoms with van der Waals surface area (Å²) in [6, 6.07) is 0. The molecule has 0 aromatic heterocycles. The van der Waals surface area contributed by atoms with Gasteiger partial charge in [-0.3, -0.25) is 4.79 Å². The minimum atomic E-state index is -0.698. The molecular formula is C14H21NO3. The first-order valence-corrected chi connectivity index (χ1v) is 6.83. The van der Waals surface area contributed by atoms with Crippen LogP contribution in [0.15, 0.2) is 12.2 Å². The van der Waals surface area contributed by atoms with Crippen LogP contribution in [0.25, 0.3) is 0 Å². The van der Waals surface area contributed by atoms with Gasteiger partial charge in [0, 0.05) is 13.0 Å². The summed E-state index contributed by atoms with van der Waals surface area (Å²) in [4.78, 5) is 26.2. The van der Waals surface area contributed by atoms with E-state index in [9.17, 15) is 9.59 Å². The van der Waals surface area contributed by atoms with Crippen LogP contribution in [-0.2, 0) is 14.3 Å². The highest BCUT2D eigenvalue weighted by Crippen LogP contribution is 2.35. The van der Waals surface area contributed by atoms with Crippen LogP contribution in [-0.4, -0.2) is 35.5 Å². The van der Waals surface area contributed by atoms with Crippen molar-refractivity contribution in [3.05, 3.63) is 12.2 Å². The summed E-state index contributed by atoms with van der Waals surface area (Å²) in [6.45, 7) is 2.72. The van der Waals surface area contributed by atoms with Crippen molar-refractivity contribution in [3.8, 4) is 0 Å². The number of piperidine rings is 1. The highest BCUT2D eigenvalue weighted by atomic mass is 16.5. The Balaban J connectivity index is 2.31. The van der Waals surface area contributed by atoms with E-state index >= 15 is 0 Å². The Kier molecular flexibility index (Phi) is 4.04. The molecular weight excluding hydrogens is 230 g/mol. The molecule has 18 heavy (non-hydrogen) atoms. The van der Waals surface area contributed by atoms with Crippen molar-refractivity contribution in [3.63, 3.8) is 0 Å². The van der Waals surface area contributed by atoms with Gasteiger partial charge in [0.2, 0.25) is 5.91 Å². The molecule has 0 bridgehead atoms. The molecule has 1 fully saturated rings. The fourth-order valence-corrected chi connectivity index (χ4v) is 2.97. The standard InChI is InChI=1S/C14H21NO3/c1-2-18-13(17)14-9-5-3-4-6-11-15(14)12(16)8-7-10-14/h4,6H,2-3,5,7-11H2,1H3/b6-4-/t14-/m1/s1. The zero-order chi connectivity index (χ0) is 13.0. The summed E-state index contributed by atoms with van der Waals surface area (Å²) in [5, 5.41) is 0. The monoisotopic (exact) mass is 251 g/mol. The Labute approximate surface area is 108 Å². The first kappa shape index (κ1) is 13.1. The predicted octanol–water partition coefficient (Wildman–Crippen LogP) is 2.04. The molecule has 0 radical (unpaired) electrons. The van der Waals surface area contributed by atoms with Gasteiger partial charge in [-0.2, -0.15) is 0 Å². The second-order valence-corrected chi connectivity index (χ2v) is 4.97. The number of carbonyl (C=O) groups excluding carboxylic acids is 2. The Morgan fingerprint density at radius 3 is 2.94 bits per heavy atom. The fourth-order valence-electron chi connectivity index (χ4n) is 2.97. The molecule has 100 valence electrons. The normalized spacial score (nSPS) is 30.1. The van der Waals surface area contributed by atoms with Crippen molar-refractivity contribution in [2.75, 3.05) is 13.2 Å². The fraction of sp³-hybridized carbons (Fsp3) is 0.714.